The predicted molar refractivity (Wildman–Crippen MR) is 106 cm³/mol. The summed E-state index contributed by atoms with van der Waals surface area (Å²) in [5, 5.41) is 13.5. The van der Waals surface area contributed by atoms with Crippen LogP contribution >= 0.6 is 11.3 Å². The van der Waals surface area contributed by atoms with E-state index in [1.165, 1.54) is 23.5 Å². The molecule has 0 saturated heterocycles. The molecule has 0 aliphatic heterocycles. The number of amides is 1. The summed E-state index contributed by atoms with van der Waals surface area (Å²) in [6, 6.07) is 4.39. The summed E-state index contributed by atoms with van der Waals surface area (Å²) < 4.78 is 33.8. The minimum atomic E-state index is -0.800. The summed E-state index contributed by atoms with van der Waals surface area (Å²) in [6.45, 7) is 2.20. The number of hydrogen-bond acceptors (Lipinski definition) is 6. The van der Waals surface area contributed by atoms with Crippen molar-refractivity contribution >= 4 is 17.2 Å². The van der Waals surface area contributed by atoms with Crippen LogP contribution < -0.4 is 5.32 Å². The summed E-state index contributed by atoms with van der Waals surface area (Å²) >= 11 is 1.48. The minimum absolute atomic E-state index is 0.0126. The van der Waals surface area contributed by atoms with Gasteiger partial charge in [-0.25, -0.2) is 13.8 Å². The van der Waals surface area contributed by atoms with Crippen LogP contribution in [0.4, 0.5) is 8.78 Å². The molecule has 4 rings (SSSR count). The zero-order valence-corrected chi connectivity index (χ0v) is 16.9. The van der Waals surface area contributed by atoms with Crippen molar-refractivity contribution in [2.24, 2.45) is 7.05 Å². The number of halogens is 2. The number of rotatable bonds is 6. The van der Waals surface area contributed by atoms with Crippen molar-refractivity contribution in [2.75, 3.05) is 6.54 Å². The van der Waals surface area contributed by atoms with Crippen molar-refractivity contribution in [1.82, 2.24) is 25.2 Å². The summed E-state index contributed by atoms with van der Waals surface area (Å²) in [6.07, 6.45) is 5.32. The molecule has 10 heteroatoms. The molecule has 1 N–H and O–H groups in total. The molecule has 4 aromatic rings. The molecule has 0 bridgehead atoms. The van der Waals surface area contributed by atoms with Crippen LogP contribution in [0.1, 0.15) is 28.0 Å². The lowest BCUT2D eigenvalue weighted by molar-refractivity contribution is 0.0938. The highest BCUT2D eigenvalue weighted by Gasteiger charge is 2.34. The molecule has 0 spiro atoms. The Hall–Kier alpha value is -3.40. The van der Waals surface area contributed by atoms with Crippen LogP contribution in [-0.4, -0.2) is 32.4 Å². The van der Waals surface area contributed by atoms with Crippen molar-refractivity contribution in [2.45, 2.75) is 12.3 Å². The number of carbonyl (C=O) groups is 1. The standard InChI is InChI=1S/C20H17F2N5O2S/c1-20(19-23-5-6-30-19,12-9-25-27(2)10-12)11-24-18(28)16-8-17(29-26-16)14-4-3-13(21)7-15(14)22/h3-10H,11H2,1-2H3,(H,24,28)/t20-/m0/s1. The van der Waals surface area contributed by atoms with Crippen molar-refractivity contribution in [3.8, 4) is 11.3 Å². The highest BCUT2D eigenvalue weighted by molar-refractivity contribution is 7.09. The van der Waals surface area contributed by atoms with E-state index in [9.17, 15) is 13.6 Å². The second-order valence-corrected chi connectivity index (χ2v) is 7.85. The predicted octanol–water partition coefficient (Wildman–Crippen LogP) is 3.55. The molecule has 0 unspecified atom stereocenters. The van der Waals surface area contributed by atoms with Crippen LogP contribution in [0.25, 0.3) is 11.3 Å². The third-order valence-corrected chi connectivity index (χ3v) is 5.83. The first-order chi connectivity index (χ1) is 14.4. The quantitative estimate of drug-likeness (QED) is 0.507. The zero-order valence-electron chi connectivity index (χ0n) is 16.1. The van der Waals surface area contributed by atoms with Crippen LogP contribution in [0.2, 0.25) is 0 Å². The normalized spacial score (nSPS) is 13.2. The Balaban J connectivity index is 1.54. The second kappa shape index (κ2) is 7.79. The Labute approximate surface area is 174 Å². The summed E-state index contributed by atoms with van der Waals surface area (Å²) in [5.41, 5.74) is 0.301. The van der Waals surface area contributed by atoms with E-state index >= 15 is 0 Å². The van der Waals surface area contributed by atoms with Crippen LogP contribution in [0, 0.1) is 11.6 Å². The van der Waals surface area contributed by atoms with Crippen molar-refractivity contribution in [1.29, 1.82) is 0 Å². The van der Waals surface area contributed by atoms with Gasteiger partial charge in [-0.15, -0.1) is 11.3 Å². The third-order valence-electron chi connectivity index (χ3n) is 4.79. The number of hydrogen-bond donors (Lipinski definition) is 1. The van der Waals surface area contributed by atoms with Crippen molar-refractivity contribution in [3.63, 3.8) is 0 Å². The molecule has 0 saturated carbocycles. The van der Waals surface area contributed by atoms with Gasteiger partial charge < -0.3 is 9.84 Å². The molecule has 7 nitrogen and oxygen atoms in total. The minimum Gasteiger partial charge on any atom is -0.355 e. The smallest absolute Gasteiger partial charge is 0.273 e. The first kappa shape index (κ1) is 19.9. The number of nitrogens with one attached hydrogen (secondary N) is 1. The molecule has 3 aromatic heterocycles. The highest BCUT2D eigenvalue weighted by Crippen LogP contribution is 2.32. The van der Waals surface area contributed by atoms with E-state index in [4.69, 9.17) is 4.52 Å². The van der Waals surface area contributed by atoms with E-state index in [0.29, 0.717) is 0 Å². The van der Waals surface area contributed by atoms with E-state index in [0.717, 1.165) is 22.7 Å². The fourth-order valence-corrected chi connectivity index (χ4v) is 3.87. The molecule has 0 aliphatic rings. The van der Waals surface area contributed by atoms with E-state index in [1.54, 1.807) is 17.1 Å². The SMILES string of the molecule is Cn1cc([C@](C)(CNC(=O)c2cc(-c3ccc(F)cc3F)on2)c2nccs2)cn1. The maximum atomic E-state index is 14.0. The first-order valence-electron chi connectivity index (χ1n) is 8.96. The monoisotopic (exact) mass is 429 g/mol. The molecule has 1 atom stereocenters. The Morgan fingerprint density at radius 1 is 1.33 bits per heavy atom. The van der Waals surface area contributed by atoms with Gasteiger partial charge in [0.2, 0.25) is 0 Å². The van der Waals surface area contributed by atoms with Gasteiger partial charge in [0.25, 0.3) is 5.91 Å². The average molecular weight is 429 g/mol. The Bertz CT molecular complexity index is 1190. The number of thiazole rings is 1. The molecule has 3 heterocycles. The molecule has 154 valence electrons. The Kier molecular flexibility index (Phi) is 5.17. The average Bonchev–Trinajstić information content (AvgIpc) is 3.47. The van der Waals surface area contributed by atoms with Gasteiger partial charge >= 0.3 is 0 Å². The summed E-state index contributed by atoms with van der Waals surface area (Å²) in [7, 11) is 1.82. The second-order valence-electron chi connectivity index (χ2n) is 6.96. The van der Waals surface area contributed by atoms with E-state index < -0.39 is 23.0 Å². The van der Waals surface area contributed by atoms with Crippen LogP contribution in [0.15, 0.2) is 52.8 Å². The van der Waals surface area contributed by atoms with Crippen molar-refractivity contribution in [3.05, 3.63) is 76.1 Å². The molecule has 1 aromatic carbocycles. The number of nitrogens with zero attached hydrogens (tertiary/aromatic N) is 4. The summed E-state index contributed by atoms with van der Waals surface area (Å²) in [4.78, 5) is 17.1. The van der Waals surface area contributed by atoms with E-state index in [1.807, 2.05) is 25.5 Å². The Morgan fingerprint density at radius 3 is 2.83 bits per heavy atom. The van der Waals surface area contributed by atoms with Crippen LogP contribution in [0.3, 0.4) is 0 Å². The van der Waals surface area contributed by atoms with Gasteiger partial charge in [0.05, 0.1) is 17.2 Å². The lowest BCUT2D eigenvalue weighted by Crippen LogP contribution is -2.39. The molecule has 0 radical (unpaired) electrons. The van der Waals surface area contributed by atoms with Gasteiger partial charge in [-0.1, -0.05) is 5.16 Å². The van der Waals surface area contributed by atoms with Crippen LogP contribution in [0.5, 0.6) is 0 Å². The van der Waals surface area contributed by atoms with Gasteiger partial charge in [-0.3, -0.25) is 9.48 Å². The fourth-order valence-electron chi connectivity index (χ4n) is 3.05. The maximum absolute atomic E-state index is 14.0. The fraction of sp³-hybridized carbons (Fsp3) is 0.200. The molecular formula is C20H17F2N5O2S. The summed E-state index contributed by atoms with van der Waals surface area (Å²) in [5.74, 6) is -1.96. The molecule has 30 heavy (non-hydrogen) atoms. The zero-order chi connectivity index (χ0) is 21.3. The largest absolute Gasteiger partial charge is 0.355 e. The van der Waals surface area contributed by atoms with Gasteiger partial charge in [0.15, 0.2) is 11.5 Å². The van der Waals surface area contributed by atoms with Gasteiger partial charge in [0.1, 0.15) is 16.6 Å². The van der Waals surface area contributed by atoms with Crippen molar-refractivity contribution < 1.29 is 18.1 Å². The molecular weight excluding hydrogens is 412 g/mol. The highest BCUT2D eigenvalue weighted by atomic mass is 32.1. The third kappa shape index (κ3) is 3.73. The number of carbonyl (C=O) groups excluding carboxylic acids is 1. The molecule has 1 amide bonds. The molecule has 0 aliphatic carbocycles. The number of aryl methyl sites for hydroxylation is 1. The number of aromatic nitrogens is 4. The lowest BCUT2D eigenvalue weighted by Gasteiger charge is -2.26. The van der Waals surface area contributed by atoms with E-state index in [2.05, 4.69) is 20.6 Å². The van der Waals surface area contributed by atoms with Gasteiger partial charge in [-0.2, -0.15) is 5.10 Å². The maximum Gasteiger partial charge on any atom is 0.273 e. The van der Waals surface area contributed by atoms with E-state index in [-0.39, 0.29) is 23.6 Å². The first-order valence-corrected chi connectivity index (χ1v) is 9.84. The van der Waals surface area contributed by atoms with Gasteiger partial charge in [0, 0.05) is 49.1 Å². The lowest BCUT2D eigenvalue weighted by atomic mass is 9.85. The topological polar surface area (TPSA) is 85.8 Å². The number of benzene rings is 1. The Morgan fingerprint density at radius 2 is 2.17 bits per heavy atom. The molecule has 0 fully saturated rings. The van der Waals surface area contributed by atoms with Crippen LogP contribution in [-0.2, 0) is 12.5 Å². The van der Waals surface area contributed by atoms with Gasteiger partial charge in [-0.05, 0) is 19.1 Å².